The Hall–Kier alpha value is -2.07. The molecule has 0 atom stereocenters. The number of para-hydroxylation sites is 1. The van der Waals surface area contributed by atoms with Crippen molar-refractivity contribution in [2.75, 3.05) is 11.1 Å². The van der Waals surface area contributed by atoms with Gasteiger partial charge in [0.1, 0.15) is 5.82 Å². The average molecular weight is 248 g/mol. The number of nitrogens with one attached hydrogen (secondary N) is 1. The molecule has 1 heterocycles. The topological polar surface area (TPSA) is 68.0 Å². The van der Waals surface area contributed by atoms with Crippen molar-refractivity contribution in [1.82, 2.24) is 4.98 Å². The van der Waals surface area contributed by atoms with E-state index in [-0.39, 0.29) is 5.91 Å². The summed E-state index contributed by atoms with van der Waals surface area (Å²) in [5.74, 6) is 0.102. The van der Waals surface area contributed by atoms with Crippen LogP contribution < -0.4 is 11.1 Å². The molecule has 0 saturated carbocycles. The third kappa shape index (κ3) is 2.73. The molecule has 0 radical (unpaired) electrons. The first-order valence-corrected chi connectivity index (χ1v) is 5.32. The van der Waals surface area contributed by atoms with Crippen LogP contribution in [0, 0.1) is 0 Å². The molecule has 1 aromatic carbocycles. The van der Waals surface area contributed by atoms with E-state index in [0.29, 0.717) is 22.1 Å². The van der Waals surface area contributed by atoms with Gasteiger partial charge in [-0.25, -0.2) is 4.98 Å². The molecular formula is C12H10ClN3O. The fourth-order valence-corrected chi connectivity index (χ4v) is 1.48. The zero-order valence-corrected chi connectivity index (χ0v) is 9.61. The van der Waals surface area contributed by atoms with Crippen molar-refractivity contribution in [3.8, 4) is 0 Å². The molecule has 4 nitrogen and oxygen atoms in total. The minimum atomic E-state index is -0.273. The van der Waals surface area contributed by atoms with Gasteiger partial charge >= 0.3 is 0 Å². The lowest BCUT2D eigenvalue weighted by atomic mass is 10.2. The normalized spacial score (nSPS) is 9.94. The number of benzene rings is 1. The Kier molecular flexibility index (Phi) is 3.25. The minimum Gasteiger partial charge on any atom is -0.384 e. The van der Waals surface area contributed by atoms with Gasteiger partial charge in [-0.3, -0.25) is 4.79 Å². The van der Waals surface area contributed by atoms with Gasteiger partial charge in [0, 0.05) is 6.20 Å². The van der Waals surface area contributed by atoms with Crippen molar-refractivity contribution in [2.24, 2.45) is 0 Å². The molecule has 17 heavy (non-hydrogen) atoms. The van der Waals surface area contributed by atoms with Gasteiger partial charge < -0.3 is 11.1 Å². The van der Waals surface area contributed by atoms with Crippen LogP contribution in [0.25, 0.3) is 0 Å². The smallest absolute Gasteiger partial charge is 0.257 e. The van der Waals surface area contributed by atoms with Crippen molar-refractivity contribution in [2.45, 2.75) is 0 Å². The summed E-state index contributed by atoms with van der Waals surface area (Å²) in [6.45, 7) is 0. The van der Waals surface area contributed by atoms with Gasteiger partial charge in [-0.2, -0.15) is 0 Å². The molecular weight excluding hydrogens is 238 g/mol. The van der Waals surface area contributed by atoms with Crippen LogP contribution in [0.3, 0.4) is 0 Å². The highest BCUT2D eigenvalue weighted by atomic mass is 35.5. The number of anilines is 2. The highest BCUT2D eigenvalue weighted by molar-refractivity contribution is 6.33. The van der Waals surface area contributed by atoms with E-state index in [4.69, 9.17) is 17.3 Å². The fourth-order valence-electron chi connectivity index (χ4n) is 1.30. The number of hydrogen-bond donors (Lipinski definition) is 2. The Bertz CT molecular complexity index is 540. The Morgan fingerprint density at radius 2 is 2.00 bits per heavy atom. The quantitative estimate of drug-likeness (QED) is 0.857. The zero-order chi connectivity index (χ0) is 12.3. The lowest BCUT2D eigenvalue weighted by Gasteiger charge is -2.06. The van der Waals surface area contributed by atoms with Gasteiger partial charge in [-0.1, -0.05) is 23.7 Å². The zero-order valence-electron chi connectivity index (χ0n) is 8.85. The molecule has 86 valence electrons. The Morgan fingerprint density at radius 1 is 1.24 bits per heavy atom. The third-order valence-electron chi connectivity index (χ3n) is 2.17. The lowest BCUT2D eigenvalue weighted by Crippen LogP contribution is -2.12. The fraction of sp³-hybridized carbons (Fsp3) is 0. The van der Waals surface area contributed by atoms with Gasteiger partial charge in [-0.05, 0) is 24.3 Å². The van der Waals surface area contributed by atoms with Crippen molar-refractivity contribution in [3.05, 3.63) is 53.2 Å². The van der Waals surface area contributed by atoms with Crippen LogP contribution in [0.4, 0.5) is 11.5 Å². The van der Waals surface area contributed by atoms with Crippen LogP contribution >= 0.6 is 11.6 Å². The Morgan fingerprint density at radius 3 is 2.65 bits per heavy atom. The van der Waals surface area contributed by atoms with Crippen molar-refractivity contribution >= 4 is 29.0 Å². The molecule has 1 amide bonds. The number of halogens is 1. The SMILES string of the molecule is Nc1ccc(C(=O)Nc2ccccc2Cl)cn1. The number of amides is 1. The number of carbonyl (C=O) groups excluding carboxylic acids is 1. The summed E-state index contributed by atoms with van der Waals surface area (Å²) in [5.41, 5.74) is 6.44. The number of rotatable bonds is 2. The van der Waals surface area contributed by atoms with E-state index in [1.54, 1.807) is 36.4 Å². The highest BCUT2D eigenvalue weighted by Gasteiger charge is 2.07. The molecule has 5 heteroatoms. The molecule has 0 aliphatic carbocycles. The van der Waals surface area contributed by atoms with Crippen LogP contribution in [0.5, 0.6) is 0 Å². The molecule has 2 rings (SSSR count). The number of aromatic nitrogens is 1. The molecule has 0 spiro atoms. The highest BCUT2D eigenvalue weighted by Crippen LogP contribution is 2.21. The van der Waals surface area contributed by atoms with Crippen molar-refractivity contribution < 1.29 is 4.79 Å². The number of nitrogens with two attached hydrogens (primary N) is 1. The van der Waals surface area contributed by atoms with Gasteiger partial charge in [0.2, 0.25) is 0 Å². The number of pyridine rings is 1. The van der Waals surface area contributed by atoms with E-state index < -0.39 is 0 Å². The molecule has 0 aliphatic rings. The maximum absolute atomic E-state index is 11.8. The maximum Gasteiger partial charge on any atom is 0.257 e. The first-order chi connectivity index (χ1) is 8.16. The van der Waals surface area contributed by atoms with Crippen LogP contribution in [0.1, 0.15) is 10.4 Å². The standard InChI is InChI=1S/C12H10ClN3O/c13-9-3-1-2-4-10(9)16-12(17)8-5-6-11(14)15-7-8/h1-7H,(H2,14,15)(H,16,17). The number of hydrogen-bond acceptors (Lipinski definition) is 3. The van der Waals surface area contributed by atoms with Gasteiger partial charge in [-0.15, -0.1) is 0 Å². The Labute approximate surface area is 103 Å². The van der Waals surface area contributed by atoms with E-state index in [1.807, 2.05) is 0 Å². The molecule has 0 saturated heterocycles. The molecule has 0 bridgehead atoms. The van der Waals surface area contributed by atoms with Gasteiger partial charge in [0.15, 0.2) is 0 Å². The second kappa shape index (κ2) is 4.84. The summed E-state index contributed by atoms with van der Waals surface area (Å²) in [5, 5.41) is 3.18. The Balaban J connectivity index is 2.17. The summed E-state index contributed by atoms with van der Waals surface area (Å²) < 4.78 is 0. The second-order valence-electron chi connectivity index (χ2n) is 3.41. The summed E-state index contributed by atoms with van der Waals surface area (Å²) in [6, 6.07) is 10.2. The van der Waals surface area contributed by atoms with E-state index >= 15 is 0 Å². The van der Waals surface area contributed by atoms with Gasteiger partial charge in [0.05, 0.1) is 16.3 Å². The van der Waals surface area contributed by atoms with E-state index in [9.17, 15) is 4.79 Å². The molecule has 0 aliphatic heterocycles. The number of carbonyl (C=O) groups is 1. The average Bonchev–Trinajstić information content (AvgIpc) is 2.33. The van der Waals surface area contributed by atoms with Crippen molar-refractivity contribution in [1.29, 1.82) is 0 Å². The largest absolute Gasteiger partial charge is 0.384 e. The predicted molar refractivity (Wildman–Crippen MR) is 68.1 cm³/mol. The number of nitrogen functional groups attached to an aromatic ring is 1. The predicted octanol–water partition coefficient (Wildman–Crippen LogP) is 2.57. The van der Waals surface area contributed by atoms with Crippen LogP contribution in [0.15, 0.2) is 42.6 Å². The monoisotopic (exact) mass is 247 g/mol. The van der Waals surface area contributed by atoms with Crippen LogP contribution in [0.2, 0.25) is 5.02 Å². The third-order valence-corrected chi connectivity index (χ3v) is 2.50. The van der Waals surface area contributed by atoms with E-state index in [1.165, 1.54) is 6.20 Å². The molecule has 2 aromatic rings. The molecule has 3 N–H and O–H groups in total. The molecule has 0 fully saturated rings. The summed E-state index contributed by atoms with van der Waals surface area (Å²) in [4.78, 5) is 15.7. The maximum atomic E-state index is 11.8. The first kappa shape index (κ1) is 11.4. The van der Waals surface area contributed by atoms with E-state index in [0.717, 1.165) is 0 Å². The first-order valence-electron chi connectivity index (χ1n) is 4.94. The summed E-state index contributed by atoms with van der Waals surface area (Å²) in [6.07, 6.45) is 1.42. The van der Waals surface area contributed by atoms with Crippen molar-refractivity contribution in [3.63, 3.8) is 0 Å². The van der Waals surface area contributed by atoms with Gasteiger partial charge in [0.25, 0.3) is 5.91 Å². The van der Waals surface area contributed by atoms with Crippen LogP contribution in [-0.4, -0.2) is 10.9 Å². The second-order valence-corrected chi connectivity index (χ2v) is 3.81. The summed E-state index contributed by atoms with van der Waals surface area (Å²) in [7, 11) is 0. The molecule has 1 aromatic heterocycles. The number of nitrogens with zero attached hydrogens (tertiary/aromatic N) is 1. The van der Waals surface area contributed by atoms with Crippen LogP contribution in [-0.2, 0) is 0 Å². The summed E-state index contributed by atoms with van der Waals surface area (Å²) >= 11 is 5.93. The minimum absolute atomic E-state index is 0.273. The lowest BCUT2D eigenvalue weighted by molar-refractivity contribution is 0.102. The molecule has 0 unspecified atom stereocenters. The van der Waals surface area contributed by atoms with E-state index in [2.05, 4.69) is 10.3 Å².